The van der Waals surface area contributed by atoms with Crippen molar-refractivity contribution >= 4 is 35.0 Å². The van der Waals surface area contributed by atoms with E-state index in [0.717, 1.165) is 0 Å². The number of primary amides is 2. The van der Waals surface area contributed by atoms with Crippen molar-refractivity contribution in [2.75, 3.05) is 53.6 Å². The van der Waals surface area contributed by atoms with Crippen LogP contribution in [0, 0.1) is 0 Å². The molecular formula is C34H36Cl2N8O6. The highest BCUT2D eigenvalue weighted by Gasteiger charge is 2.30. The Kier molecular flexibility index (Phi) is 11.1. The molecular weight excluding hydrogens is 687 g/mol. The molecule has 50 heavy (non-hydrogen) atoms. The van der Waals surface area contributed by atoms with Gasteiger partial charge in [-0.2, -0.15) is 0 Å². The Labute approximate surface area is 298 Å². The van der Waals surface area contributed by atoms with Crippen LogP contribution in [0.4, 0.5) is 0 Å². The van der Waals surface area contributed by atoms with E-state index >= 15 is 0 Å². The van der Waals surface area contributed by atoms with Gasteiger partial charge in [0, 0.05) is 61.5 Å². The maximum absolute atomic E-state index is 11.0. The van der Waals surface area contributed by atoms with Crippen LogP contribution in [0.1, 0.15) is 11.4 Å². The molecule has 4 N–H and O–H groups in total. The molecule has 2 amide bonds. The topological polar surface area (TPSA) is 181 Å². The molecule has 0 unspecified atom stereocenters. The molecule has 6 rings (SSSR count). The fraction of sp³-hybridized carbons (Fsp3) is 0.353. The second-order valence-corrected chi connectivity index (χ2v) is 12.7. The van der Waals surface area contributed by atoms with Crippen molar-refractivity contribution in [1.82, 2.24) is 29.7 Å². The van der Waals surface area contributed by atoms with E-state index < -0.39 is 11.8 Å². The van der Waals surface area contributed by atoms with Gasteiger partial charge in [-0.3, -0.25) is 29.4 Å². The highest BCUT2D eigenvalue weighted by Crippen LogP contribution is 2.42. The van der Waals surface area contributed by atoms with Gasteiger partial charge in [0.2, 0.25) is 23.6 Å². The highest BCUT2D eigenvalue weighted by molar-refractivity contribution is 6.39. The number of likely N-dealkylation sites (tertiary alicyclic amines) is 2. The quantitative estimate of drug-likeness (QED) is 0.183. The summed E-state index contributed by atoms with van der Waals surface area (Å²) in [4.78, 5) is 44.9. The van der Waals surface area contributed by atoms with Crippen LogP contribution < -0.4 is 20.9 Å². The number of nitrogens with zero attached hydrogens (tertiary/aromatic N) is 6. The van der Waals surface area contributed by atoms with Crippen LogP contribution in [0.2, 0.25) is 10.0 Å². The van der Waals surface area contributed by atoms with Crippen LogP contribution in [0.25, 0.3) is 33.6 Å². The maximum Gasteiger partial charge on any atom is 0.243 e. The van der Waals surface area contributed by atoms with E-state index in [9.17, 15) is 9.59 Å². The van der Waals surface area contributed by atoms with Crippen LogP contribution in [-0.4, -0.2) is 107 Å². The van der Waals surface area contributed by atoms with Crippen molar-refractivity contribution in [1.29, 1.82) is 0 Å². The molecule has 2 aromatic heterocycles. The molecule has 2 aromatic carbocycles. The summed E-state index contributed by atoms with van der Waals surface area (Å²) >= 11 is 14.1. The van der Waals surface area contributed by atoms with Crippen LogP contribution in [0.5, 0.6) is 11.8 Å². The fourth-order valence-corrected chi connectivity index (χ4v) is 6.46. The third-order valence-electron chi connectivity index (χ3n) is 8.37. The molecule has 4 heterocycles. The number of ether oxygens (including phenoxy) is 4. The molecule has 0 spiro atoms. The van der Waals surface area contributed by atoms with Gasteiger partial charge >= 0.3 is 0 Å². The van der Waals surface area contributed by atoms with Gasteiger partial charge in [-0.15, -0.1) is 0 Å². The lowest BCUT2D eigenvalue weighted by Crippen LogP contribution is -2.52. The Hall–Kier alpha value is -4.44. The third-order valence-corrected chi connectivity index (χ3v) is 9.18. The first-order valence-electron chi connectivity index (χ1n) is 15.8. The zero-order valence-electron chi connectivity index (χ0n) is 27.5. The summed E-state index contributed by atoms with van der Waals surface area (Å²) in [5.74, 6) is -0.220. The second kappa shape index (κ2) is 15.6. The molecule has 0 aliphatic carbocycles. The number of carbonyl (C=O) groups excluding carboxylic acids is 2. The van der Waals surface area contributed by atoms with E-state index in [1.807, 2.05) is 36.4 Å². The van der Waals surface area contributed by atoms with Crippen molar-refractivity contribution < 1.29 is 28.5 Å². The van der Waals surface area contributed by atoms with Crippen molar-refractivity contribution in [3.8, 4) is 45.4 Å². The minimum atomic E-state index is -0.491. The van der Waals surface area contributed by atoms with E-state index in [4.69, 9.17) is 63.6 Å². The number of aromatic nitrogens is 4. The van der Waals surface area contributed by atoms with Gasteiger partial charge < -0.3 is 30.4 Å². The number of hydrogen-bond donors (Lipinski definition) is 2. The average Bonchev–Trinajstić information content (AvgIpc) is 3.07. The highest BCUT2D eigenvalue weighted by atomic mass is 35.5. The second-order valence-electron chi connectivity index (χ2n) is 11.9. The third kappa shape index (κ3) is 7.96. The standard InChI is InChI=1S/C34H36Cl2N8O6/c1-47-33-27(15-43-11-19(12-43)49-17-29(37)45)39-9-25(41-33)23-7-3-5-21(31(23)35)22-6-4-8-24(32(22)36)26-10-40-28(34(42-26)48-2)16-44-13-20(14-44)50-18-30(38)46/h3-10,19-20H,11-18H2,1-2H3,(H2,37,45)(H2,38,46). The van der Waals surface area contributed by atoms with Crippen molar-refractivity contribution in [3.05, 3.63) is 70.2 Å². The number of amides is 2. The number of halogens is 2. The zero-order chi connectivity index (χ0) is 35.4. The minimum Gasteiger partial charge on any atom is -0.480 e. The van der Waals surface area contributed by atoms with Crippen LogP contribution in [-0.2, 0) is 32.2 Å². The van der Waals surface area contributed by atoms with E-state index in [1.165, 1.54) is 0 Å². The normalized spacial score (nSPS) is 15.4. The van der Waals surface area contributed by atoms with Gasteiger partial charge in [0.25, 0.3) is 0 Å². The summed E-state index contributed by atoms with van der Waals surface area (Å²) in [6.07, 6.45) is 3.23. The fourth-order valence-electron chi connectivity index (χ4n) is 5.81. The minimum absolute atomic E-state index is 0.0528. The Balaban J connectivity index is 1.18. The molecule has 2 aliphatic rings. The molecule has 262 valence electrons. The molecule has 2 fully saturated rings. The molecule has 14 nitrogen and oxygen atoms in total. The number of nitrogens with two attached hydrogens (primary N) is 2. The van der Waals surface area contributed by atoms with E-state index in [2.05, 4.69) is 19.8 Å². The van der Waals surface area contributed by atoms with Crippen LogP contribution >= 0.6 is 23.2 Å². The molecule has 2 aliphatic heterocycles. The Morgan fingerprint density at radius 3 is 1.44 bits per heavy atom. The summed E-state index contributed by atoms with van der Waals surface area (Å²) in [5, 5.41) is 0.888. The zero-order valence-corrected chi connectivity index (χ0v) is 29.0. The number of rotatable bonds is 15. The van der Waals surface area contributed by atoms with Gasteiger partial charge in [-0.25, -0.2) is 9.97 Å². The Morgan fingerprint density at radius 2 is 1.08 bits per heavy atom. The first kappa shape index (κ1) is 35.4. The van der Waals surface area contributed by atoms with Crippen molar-refractivity contribution in [2.45, 2.75) is 25.3 Å². The lowest BCUT2D eigenvalue weighted by molar-refractivity contribution is -0.130. The van der Waals surface area contributed by atoms with E-state index in [1.54, 1.807) is 26.6 Å². The van der Waals surface area contributed by atoms with Gasteiger partial charge in [0.15, 0.2) is 0 Å². The molecule has 0 bridgehead atoms. The predicted molar refractivity (Wildman–Crippen MR) is 185 cm³/mol. The number of hydrogen-bond acceptors (Lipinski definition) is 12. The molecule has 0 radical (unpaired) electrons. The molecule has 0 saturated carbocycles. The van der Waals surface area contributed by atoms with Crippen molar-refractivity contribution in [3.63, 3.8) is 0 Å². The Morgan fingerprint density at radius 1 is 0.700 bits per heavy atom. The summed E-state index contributed by atoms with van der Waals surface area (Å²) in [5.41, 5.74) is 15.5. The smallest absolute Gasteiger partial charge is 0.243 e. The van der Waals surface area contributed by atoms with Gasteiger partial charge in [0.1, 0.15) is 24.6 Å². The van der Waals surface area contributed by atoms with Gasteiger partial charge in [-0.1, -0.05) is 59.6 Å². The molecule has 0 atom stereocenters. The summed E-state index contributed by atoms with van der Waals surface area (Å²) < 4.78 is 22.1. The van der Waals surface area contributed by atoms with Crippen LogP contribution in [0.3, 0.4) is 0 Å². The largest absolute Gasteiger partial charge is 0.480 e. The van der Waals surface area contributed by atoms with Crippen molar-refractivity contribution in [2.24, 2.45) is 11.5 Å². The van der Waals surface area contributed by atoms with Gasteiger partial charge in [0.05, 0.1) is 60.3 Å². The number of methoxy groups -OCH3 is 2. The average molecular weight is 724 g/mol. The first-order valence-corrected chi connectivity index (χ1v) is 16.5. The molecule has 16 heteroatoms. The van der Waals surface area contributed by atoms with E-state index in [0.29, 0.717) is 106 Å². The predicted octanol–water partition coefficient (Wildman–Crippen LogP) is 2.96. The summed E-state index contributed by atoms with van der Waals surface area (Å²) in [6.45, 7) is 3.39. The van der Waals surface area contributed by atoms with Crippen LogP contribution in [0.15, 0.2) is 48.8 Å². The molecule has 2 saturated heterocycles. The van der Waals surface area contributed by atoms with Gasteiger partial charge in [-0.05, 0) is 0 Å². The number of carbonyl (C=O) groups is 2. The molecule has 4 aromatic rings. The Bertz CT molecular complexity index is 1750. The lowest BCUT2D eigenvalue weighted by atomic mass is 9.98. The summed E-state index contributed by atoms with van der Waals surface area (Å²) in [7, 11) is 3.09. The first-order chi connectivity index (χ1) is 24.1. The monoisotopic (exact) mass is 722 g/mol. The summed E-state index contributed by atoms with van der Waals surface area (Å²) in [6, 6.07) is 11.3. The lowest BCUT2D eigenvalue weighted by Gasteiger charge is -2.38. The SMILES string of the molecule is COc1nc(-c2cccc(-c3cccc(-c4cnc(CN5CC(OCC(N)=O)C5)c(OC)n4)c3Cl)c2Cl)cnc1CN1CC(OCC(N)=O)C1. The maximum atomic E-state index is 11.0. The number of benzene rings is 2. The van der Waals surface area contributed by atoms with E-state index in [-0.39, 0.29) is 25.4 Å².